The lowest BCUT2D eigenvalue weighted by atomic mass is 10.2. The number of fused-ring (bicyclic) bond motifs is 1. The first-order valence-electron chi connectivity index (χ1n) is 3.39. The van der Waals surface area contributed by atoms with Gasteiger partial charge < -0.3 is 5.73 Å². The average molecular weight is 338 g/mol. The lowest BCUT2D eigenvalue weighted by Crippen LogP contribution is -1.90. The van der Waals surface area contributed by atoms with E-state index in [1.807, 2.05) is 0 Å². The van der Waals surface area contributed by atoms with E-state index in [-0.39, 0.29) is 11.4 Å². The maximum Gasteiger partial charge on any atom is 0.148 e. The van der Waals surface area contributed by atoms with Gasteiger partial charge in [0.15, 0.2) is 0 Å². The van der Waals surface area contributed by atoms with Gasteiger partial charge in [0.2, 0.25) is 0 Å². The molecule has 5 nitrogen and oxygen atoms in total. The maximum atomic E-state index is 10.5. The van der Waals surface area contributed by atoms with Gasteiger partial charge in [-0.15, -0.1) is 4.91 Å². The smallest absolute Gasteiger partial charge is 0.148 e. The van der Waals surface area contributed by atoms with Gasteiger partial charge in [0.25, 0.3) is 0 Å². The Bertz CT molecular complexity index is 526. The largest absolute Gasteiger partial charge is 0.396 e. The molecule has 2 aromatic rings. The summed E-state index contributed by atoms with van der Waals surface area (Å²) in [7, 11) is 0. The molecule has 0 atom stereocenters. The minimum atomic E-state index is 0.150. The van der Waals surface area contributed by atoms with Gasteiger partial charge in [0.05, 0.1) is 26.4 Å². The van der Waals surface area contributed by atoms with Gasteiger partial charge in [-0.25, -0.2) is 0 Å². The molecule has 0 fully saturated rings. The van der Waals surface area contributed by atoms with Gasteiger partial charge in [0, 0.05) is 0 Å². The molecule has 0 saturated carbocycles. The maximum absolute atomic E-state index is 10.5. The minimum Gasteiger partial charge on any atom is -0.396 e. The lowest BCUT2D eigenvalue weighted by molar-refractivity contribution is 1.46. The second-order valence-electron chi connectivity index (χ2n) is 2.44. The van der Waals surface area contributed by atoms with Gasteiger partial charge >= 0.3 is 0 Å². The van der Waals surface area contributed by atoms with E-state index in [1.165, 1.54) is 0 Å². The third-order valence-corrected chi connectivity index (χ3v) is 3.78. The van der Waals surface area contributed by atoms with Crippen molar-refractivity contribution < 1.29 is 0 Å². The Balaban J connectivity index is 3.01. The van der Waals surface area contributed by atoms with E-state index in [9.17, 15) is 4.91 Å². The molecule has 14 heavy (non-hydrogen) atoms. The summed E-state index contributed by atoms with van der Waals surface area (Å²) in [5, 5.41) is 2.85. The number of nitrogens with two attached hydrogens (primary N) is 1. The number of aromatic nitrogens is 2. The van der Waals surface area contributed by atoms with Crippen molar-refractivity contribution in [1.29, 1.82) is 0 Å². The molecule has 1 aromatic carbocycles. The molecule has 0 unspecified atom stereocenters. The van der Waals surface area contributed by atoms with Crippen molar-refractivity contribution >= 4 is 66.0 Å². The third kappa shape index (κ3) is 1.25. The van der Waals surface area contributed by atoms with Crippen molar-refractivity contribution in [2.24, 2.45) is 5.18 Å². The number of nitrogens with zero attached hydrogens (tertiary/aromatic N) is 3. The number of nitrogen functional groups attached to an aromatic ring is 1. The molecular formula is C6H2Br2N4OS. The van der Waals surface area contributed by atoms with E-state index in [1.54, 1.807) is 0 Å². The van der Waals surface area contributed by atoms with Gasteiger partial charge in [-0.1, -0.05) is 0 Å². The fraction of sp³-hybridized carbons (Fsp3) is 0. The zero-order valence-electron chi connectivity index (χ0n) is 6.49. The highest BCUT2D eigenvalue weighted by atomic mass is 79.9. The summed E-state index contributed by atoms with van der Waals surface area (Å²) >= 11 is 7.51. The summed E-state index contributed by atoms with van der Waals surface area (Å²) in [6.07, 6.45) is 0. The molecule has 72 valence electrons. The van der Waals surface area contributed by atoms with E-state index >= 15 is 0 Å². The summed E-state index contributed by atoms with van der Waals surface area (Å²) in [6, 6.07) is 0. The first-order chi connectivity index (χ1) is 6.66. The van der Waals surface area contributed by atoms with Crippen molar-refractivity contribution in [3.8, 4) is 0 Å². The summed E-state index contributed by atoms with van der Waals surface area (Å²) in [6.45, 7) is 0. The van der Waals surface area contributed by atoms with Gasteiger partial charge in [-0.05, 0) is 37.0 Å². The molecule has 0 amide bonds. The van der Waals surface area contributed by atoms with Crippen LogP contribution in [0.3, 0.4) is 0 Å². The van der Waals surface area contributed by atoms with Crippen LogP contribution in [0.15, 0.2) is 14.1 Å². The molecule has 0 bridgehead atoms. The second-order valence-corrected chi connectivity index (χ2v) is 4.56. The lowest BCUT2D eigenvalue weighted by Gasteiger charge is -2.03. The molecular weight excluding hydrogens is 336 g/mol. The number of benzene rings is 1. The standard InChI is InChI=1S/C6H2Br2N4OS/c7-1-3(9)4(10-13)2(8)6-5(1)11-14-12-6/h9H2. The van der Waals surface area contributed by atoms with E-state index in [2.05, 4.69) is 45.8 Å². The van der Waals surface area contributed by atoms with Crippen LogP contribution < -0.4 is 5.73 Å². The Hall–Kier alpha value is -0.600. The molecule has 0 aliphatic carbocycles. The quantitative estimate of drug-likeness (QED) is 0.640. The van der Waals surface area contributed by atoms with Crippen molar-refractivity contribution in [3.05, 3.63) is 13.9 Å². The first-order valence-corrected chi connectivity index (χ1v) is 5.70. The molecule has 2 N–H and O–H groups in total. The monoisotopic (exact) mass is 336 g/mol. The van der Waals surface area contributed by atoms with E-state index < -0.39 is 0 Å². The molecule has 2 rings (SSSR count). The highest BCUT2D eigenvalue weighted by Gasteiger charge is 2.18. The van der Waals surface area contributed by atoms with Gasteiger partial charge in [-0.2, -0.15) is 8.75 Å². The van der Waals surface area contributed by atoms with Crippen molar-refractivity contribution in [2.45, 2.75) is 0 Å². The Morgan fingerprint density at radius 1 is 1.21 bits per heavy atom. The predicted molar refractivity (Wildman–Crippen MR) is 62.7 cm³/mol. The summed E-state index contributed by atoms with van der Waals surface area (Å²) in [5.41, 5.74) is 7.33. The van der Waals surface area contributed by atoms with Crippen LogP contribution in [0.25, 0.3) is 11.0 Å². The third-order valence-electron chi connectivity index (χ3n) is 1.70. The zero-order chi connectivity index (χ0) is 10.3. The Morgan fingerprint density at radius 2 is 1.79 bits per heavy atom. The van der Waals surface area contributed by atoms with Crippen LogP contribution in [0.4, 0.5) is 11.4 Å². The van der Waals surface area contributed by atoms with Crippen LogP contribution in [-0.2, 0) is 0 Å². The van der Waals surface area contributed by atoms with E-state index in [4.69, 9.17) is 5.73 Å². The molecule has 8 heteroatoms. The highest BCUT2D eigenvalue weighted by molar-refractivity contribution is 9.11. The molecule has 0 aliphatic rings. The van der Waals surface area contributed by atoms with Crippen LogP contribution in [0.5, 0.6) is 0 Å². The van der Waals surface area contributed by atoms with Crippen LogP contribution in [0, 0.1) is 4.91 Å². The van der Waals surface area contributed by atoms with Crippen molar-refractivity contribution in [2.75, 3.05) is 5.73 Å². The molecule has 0 spiro atoms. The molecule has 0 saturated heterocycles. The number of halogens is 2. The Morgan fingerprint density at radius 3 is 2.36 bits per heavy atom. The van der Waals surface area contributed by atoms with E-state index in [0.29, 0.717) is 20.0 Å². The van der Waals surface area contributed by atoms with Crippen LogP contribution >= 0.6 is 43.6 Å². The SMILES string of the molecule is Nc1c(N=O)c(Br)c2nsnc2c1Br. The number of anilines is 1. The second kappa shape index (κ2) is 3.52. The summed E-state index contributed by atoms with van der Waals surface area (Å²) in [4.78, 5) is 10.5. The fourth-order valence-electron chi connectivity index (χ4n) is 1.03. The first kappa shape index (κ1) is 9.94. The Labute approximate surface area is 99.2 Å². The fourth-order valence-corrected chi connectivity index (χ4v) is 2.85. The van der Waals surface area contributed by atoms with Crippen LogP contribution in [-0.4, -0.2) is 8.75 Å². The topological polar surface area (TPSA) is 81.2 Å². The number of hydrogen-bond donors (Lipinski definition) is 1. The zero-order valence-corrected chi connectivity index (χ0v) is 10.5. The summed E-state index contributed by atoms with van der Waals surface area (Å²) in [5.74, 6) is 0. The molecule has 1 aromatic heterocycles. The number of rotatable bonds is 1. The minimum absolute atomic E-state index is 0.150. The molecule has 0 radical (unpaired) electrons. The van der Waals surface area contributed by atoms with E-state index in [0.717, 1.165) is 11.7 Å². The highest BCUT2D eigenvalue weighted by Crippen LogP contribution is 2.43. The number of nitroso groups, excluding NO2 is 1. The average Bonchev–Trinajstić information content (AvgIpc) is 2.64. The van der Waals surface area contributed by atoms with Gasteiger partial charge in [-0.3, -0.25) is 0 Å². The number of hydrogen-bond acceptors (Lipinski definition) is 6. The predicted octanol–water partition coefficient (Wildman–Crippen LogP) is 3.20. The Kier molecular flexibility index (Phi) is 2.50. The normalized spacial score (nSPS) is 10.7. The summed E-state index contributed by atoms with van der Waals surface area (Å²) < 4.78 is 9.11. The molecule has 0 aliphatic heterocycles. The van der Waals surface area contributed by atoms with Crippen LogP contribution in [0.1, 0.15) is 0 Å². The van der Waals surface area contributed by atoms with Crippen molar-refractivity contribution in [3.63, 3.8) is 0 Å². The van der Waals surface area contributed by atoms with Gasteiger partial charge in [0.1, 0.15) is 16.7 Å². The van der Waals surface area contributed by atoms with Crippen molar-refractivity contribution in [1.82, 2.24) is 8.75 Å². The van der Waals surface area contributed by atoms with Crippen LogP contribution in [0.2, 0.25) is 0 Å². The molecule has 1 heterocycles.